The second kappa shape index (κ2) is 8.73. The van der Waals surface area contributed by atoms with Gasteiger partial charge in [0.1, 0.15) is 17.3 Å². The lowest BCUT2D eigenvalue weighted by atomic mass is 9.91. The van der Waals surface area contributed by atoms with Crippen molar-refractivity contribution in [2.24, 2.45) is 0 Å². The first-order valence-electron chi connectivity index (χ1n) is 10.5. The molecule has 2 unspecified atom stereocenters. The zero-order chi connectivity index (χ0) is 24.9. The Morgan fingerprint density at radius 3 is 2.46 bits per heavy atom. The lowest BCUT2D eigenvalue weighted by Gasteiger charge is -2.17. The molecule has 180 valence electrons. The van der Waals surface area contributed by atoms with Crippen molar-refractivity contribution >= 4 is 23.4 Å². The molecule has 2 atom stereocenters. The van der Waals surface area contributed by atoms with Crippen LogP contribution in [0.25, 0.3) is 5.82 Å². The lowest BCUT2D eigenvalue weighted by Crippen LogP contribution is -2.09. The predicted molar refractivity (Wildman–Crippen MR) is 124 cm³/mol. The minimum Gasteiger partial charge on any atom is -0.493 e. The predicted octanol–water partition coefficient (Wildman–Crippen LogP) is 4.43. The third-order valence-corrected chi connectivity index (χ3v) is 6.25. The van der Waals surface area contributed by atoms with Crippen LogP contribution in [0, 0.1) is 17.5 Å². The molecule has 1 aromatic carbocycles. The van der Waals surface area contributed by atoms with Gasteiger partial charge in [-0.15, -0.1) is 0 Å². The first kappa shape index (κ1) is 22.9. The Hall–Kier alpha value is -3.86. The van der Waals surface area contributed by atoms with E-state index in [2.05, 4.69) is 25.3 Å². The SMILES string of the molecule is CNc1nc(N)nc2c1C(c1cnc(-n3cnc(Cl)c3)c(OC)c1)CC2c1cc(F)c(F)c(F)c1. The highest BCUT2D eigenvalue weighted by atomic mass is 35.5. The number of anilines is 2. The summed E-state index contributed by atoms with van der Waals surface area (Å²) in [6.45, 7) is 0. The van der Waals surface area contributed by atoms with E-state index in [1.165, 1.54) is 13.4 Å². The van der Waals surface area contributed by atoms with Crippen LogP contribution >= 0.6 is 11.6 Å². The van der Waals surface area contributed by atoms with Crippen molar-refractivity contribution in [2.75, 3.05) is 25.2 Å². The van der Waals surface area contributed by atoms with Crippen LogP contribution in [-0.2, 0) is 0 Å². The van der Waals surface area contributed by atoms with E-state index < -0.39 is 23.4 Å². The zero-order valence-corrected chi connectivity index (χ0v) is 19.3. The maximum atomic E-state index is 14.1. The Balaban J connectivity index is 1.64. The number of imidazole rings is 1. The van der Waals surface area contributed by atoms with Crippen LogP contribution in [-0.4, -0.2) is 38.7 Å². The van der Waals surface area contributed by atoms with Gasteiger partial charge >= 0.3 is 0 Å². The van der Waals surface area contributed by atoms with Gasteiger partial charge in [-0.25, -0.2) is 28.1 Å². The summed E-state index contributed by atoms with van der Waals surface area (Å²) < 4.78 is 49.0. The first-order chi connectivity index (χ1) is 16.8. The second-order valence-electron chi connectivity index (χ2n) is 8.02. The van der Waals surface area contributed by atoms with Crippen LogP contribution < -0.4 is 15.8 Å². The molecule has 0 aliphatic heterocycles. The molecular weight excluding hydrogens is 483 g/mol. The number of aromatic nitrogens is 5. The highest BCUT2D eigenvalue weighted by Crippen LogP contribution is 2.50. The molecule has 0 radical (unpaired) electrons. The van der Waals surface area contributed by atoms with Crippen molar-refractivity contribution in [2.45, 2.75) is 18.3 Å². The van der Waals surface area contributed by atoms with Gasteiger partial charge < -0.3 is 15.8 Å². The fourth-order valence-corrected chi connectivity index (χ4v) is 4.69. The van der Waals surface area contributed by atoms with Gasteiger partial charge in [0.05, 0.1) is 12.8 Å². The normalized spacial score (nSPS) is 16.9. The summed E-state index contributed by atoms with van der Waals surface area (Å²) in [5, 5.41) is 3.33. The molecule has 3 aromatic heterocycles. The minimum atomic E-state index is -1.52. The number of nitrogens with one attached hydrogen (secondary N) is 1. The number of hydrogen-bond donors (Lipinski definition) is 2. The van der Waals surface area contributed by atoms with Gasteiger partial charge in [-0.3, -0.25) is 4.57 Å². The Labute approximate surface area is 203 Å². The van der Waals surface area contributed by atoms with E-state index in [0.29, 0.717) is 40.2 Å². The van der Waals surface area contributed by atoms with Crippen molar-refractivity contribution in [3.63, 3.8) is 0 Å². The molecule has 0 spiro atoms. The Bertz CT molecular complexity index is 1420. The summed E-state index contributed by atoms with van der Waals surface area (Å²) in [6, 6.07) is 3.78. The van der Waals surface area contributed by atoms with Crippen LogP contribution in [0.1, 0.15) is 40.6 Å². The summed E-state index contributed by atoms with van der Waals surface area (Å²) in [5.41, 5.74) is 8.14. The highest BCUT2D eigenvalue weighted by molar-refractivity contribution is 6.29. The van der Waals surface area contributed by atoms with E-state index in [0.717, 1.165) is 17.7 Å². The molecule has 12 heteroatoms. The first-order valence-corrected chi connectivity index (χ1v) is 10.9. The van der Waals surface area contributed by atoms with Crippen molar-refractivity contribution in [1.82, 2.24) is 24.5 Å². The molecule has 0 bridgehead atoms. The number of benzene rings is 1. The molecule has 35 heavy (non-hydrogen) atoms. The lowest BCUT2D eigenvalue weighted by molar-refractivity contribution is 0.409. The zero-order valence-electron chi connectivity index (χ0n) is 18.6. The van der Waals surface area contributed by atoms with Gasteiger partial charge in [0.15, 0.2) is 29.0 Å². The van der Waals surface area contributed by atoms with E-state index in [9.17, 15) is 13.2 Å². The van der Waals surface area contributed by atoms with Gasteiger partial charge in [0, 0.05) is 36.8 Å². The van der Waals surface area contributed by atoms with E-state index in [4.69, 9.17) is 22.1 Å². The monoisotopic (exact) mass is 501 g/mol. The smallest absolute Gasteiger partial charge is 0.222 e. The van der Waals surface area contributed by atoms with Crippen LogP contribution in [0.3, 0.4) is 0 Å². The van der Waals surface area contributed by atoms with Crippen LogP contribution in [0.2, 0.25) is 5.15 Å². The van der Waals surface area contributed by atoms with Gasteiger partial charge in [-0.05, 0) is 35.7 Å². The second-order valence-corrected chi connectivity index (χ2v) is 8.40. The Morgan fingerprint density at radius 1 is 1.09 bits per heavy atom. The van der Waals surface area contributed by atoms with Gasteiger partial charge in [0.2, 0.25) is 5.95 Å². The summed E-state index contributed by atoms with van der Waals surface area (Å²) in [6.07, 6.45) is 5.15. The third kappa shape index (κ3) is 3.91. The number of nitrogens with two attached hydrogens (primary N) is 1. The van der Waals surface area contributed by atoms with Crippen molar-refractivity contribution in [1.29, 1.82) is 0 Å². The van der Waals surface area contributed by atoms with E-state index in [1.807, 2.05) is 6.07 Å². The average Bonchev–Trinajstić information content (AvgIpc) is 3.45. The molecule has 8 nitrogen and oxygen atoms in total. The van der Waals surface area contributed by atoms with Gasteiger partial charge in [-0.1, -0.05) is 11.6 Å². The van der Waals surface area contributed by atoms with Crippen molar-refractivity contribution < 1.29 is 17.9 Å². The minimum absolute atomic E-state index is 0.00449. The summed E-state index contributed by atoms with van der Waals surface area (Å²) in [5.74, 6) is -3.52. The highest BCUT2D eigenvalue weighted by Gasteiger charge is 2.38. The molecule has 4 aromatic rings. The molecule has 0 saturated carbocycles. The number of nitrogens with zero attached hydrogens (tertiary/aromatic N) is 5. The summed E-state index contributed by atoms with van der Waals surface area (Å²) in [4.78, 5) is 17.2. The molecule has 1 aliphatic carbocycles. The largest absolute Gasteiger partial charge is 0.493 e. The summed E-state index contributed by atoms with van der Waals surface area (Å²) >= 11 is 5.94. The number of ether oxygens (including phenoxy) is 1. The fraction of sp³-hybridized carbons (Fsp3) is 0.217. The number of pyridine rings is 1. The standard InChI is InChI=1S/C23H19ClF3N7O/c1-29-21-18-12(11-5-16(35-2)22(30-7-11)34-8-17(24)31-9-34)6-13(20(18)32-23(28)33-21)10-3-14(25)19(27)15(26)4-10/h3-5,7-9,12-13H,6H2,1-2H3,(H3,28,29,32,33). The fourth-order valence-electron chi connectivity index (χ4n) is 4.54. The molecule has 0 saturated heterocycles. The summed E-state index contributed by atoms with van der Waals surface area (Å²) in [7, 11) is 3.20. The van der Waals surface area contributed by atoms with Crippen LogP contribution in [0.15, 0.2) is 36.9 Å². The average molecular weight is 502 g/mol. The van der Waals surface area contributed by atoms with Crippen molar-refractivity contribution in [3.05, 3.63) is 81.9 Å². The quantitative estimate of drug-likeness (QED) is 0.390. The van der Waals surface area contributed by atoms with E-state index >= 15 is 0 Å². The number of rotatable bonds is 5. The third-order valence-electron chi connectivity index (χ3n) is 6.06. The molecule has 3 heterocycles. The maximum Gasteiger partial charge on any atom is 0.222 e. The number of hydrogen-bond acceptors (Lipinski definition) is 7. The molecule has 1 aliphatic rings. The molecule has 3 N–H and O–H groups in total. The van der Waals surface area contributed by atoms with E-state index in [1.54, 1.807) is 24.0 Å². The maximum absolute atomic E-state index is 14.1. The molecule has 0 fully saturated rings. The molecule has 0 amide bonds. The van der Waals surface area contributed by atoms with Crippen molar-refractivity contribution in [3.8, 4) is 11.6 Å². The number of fused-ring (bicyclic) bond motifs is 1. The number of halogens is 4. The topological polar surface area (TPSA) is 104 Å². The van der Waals surface area contributed by atoms with Gasteiger partial charge in [0.25, 0.3) is 0 Å². The van der Waals surface area contributed by atoms with Gasteiger partial charge in [-0.2, -0.15) is 4.98 Å². The van der Waals surface area contributed by atoms with Crippen LogP contribution in [0.4, 0.5) is 24.9 Å². The Morgan fingerprint density at radius 2 is 1.83 bits per heavy atom. The molecular formula is C23H19ClF3N7O. The number of nitrogen functional groups attached to an aromatic ring is 1. The van der Waals surface area contributed by atoms with E-state index in [-0.39, 0.29) is 17.4 Å². The van der Waals surface area contributed by atoms with Crippen LogP contribution in [0.5, 0.6) is 5.75 Å². The molecule has 5 rings (SSSR count). The number of methoxy groups -OCH3 is 1. The Kier molecular flexibility index (Phi) is 5.72.